The average molecular weight is 377 g/mol. The first-order chi connectivity index (χ1) is 8.54. The minimum atomic E-state index is -0.438. The molecule has 0 aliphatic carbocycles. The first-order valence-corrected chi connectivity index (χ1v) is 7.05. The Labute approximate surface area is 121 Å². The van der Waals surface area contributed by atoms with E-state index in [9.17, 15) is 4.39 Å². The van der Waals surface area contributed by atoms with E-state index in [-0.39, 0.29) is 5.82 Å². The maximum absolute atomic E-state index is 13.3. The summed E-state index contributed by atoms with van der Waals surface area (Å²) >= 11 is 6.82. The lowest BCUT2D eigenvalue weighted by atomic mass is 10.0. The summed E-state index contributed by atoms with van der Waals surface area (Å²) in [5.41, 5.74) is 7.76. The Bertz CT molecular complexity index is 568. The maximum Gasteiger partial charge on any atom is 0.123 e. The molecule has 1 atom stereocenters. The van der Waals surface area contributed by atoms with Gasteiger partial charge in [0, 0.05) is 11.0 Å². The molecule has 0 saturated carbocycles. The van der Waals surface area contributed by atoms with Crippen LogP contribution >= 0.6 is 31.9 Å². The lowest BCUT2D eigenvalue weighted by molar-refractivity contribution is 0.592. The number of nitrogens with zero attached hydrogens (tertiary/aromatic N) is 2. The second-order valence-electron chi connectivity index (χ2n) is 3.84. The molecule has 0 aliphatic heterocycles. The van der Waals surface area contributed by atoms with Gasteiger partial charge in [0.25, 0.3) is 0 Å². The molecule has 0 aliphatic rings. The Balaban J connectivity index is 2.50. The van der Waals surface area contributed by atoms with Gasteiger partial charge in [-0.05, 0) is 46.6 Å². The van der Waals surface area contributed by atoms with E-state index in [1.54, 1.807) is 16.9 Å². The van der Waals surface area contributed by atoms with Crippen molar-refractivity contribution >= 4 is 31.9 Å². The molecule has 1 heterocycles. The van der Waals surface area contributed by atoms with Crippen LogP contribution in [0, 0.1) is 5.82 Å². The molecule has 2 N–H and O–H groups in total. The van der Waals surface area contributed by atoms with Crippen LogP contribution in [-0.4, -0.2) is 9.78 Å². The fraction of sp³-hybridized carbons (Fsp3) is 0.250. The van der Waals surface area contributed by atoms with Crippen molar-refractivity contribution in [3.8, 4) is 0 Å². The van der Waals surface area contributed by atoms with Gasteiger partial charge in [-0.25, -0.2) is 4.39 Å². The third kappa shape index (κ3) is 2.50. The largest absolute Gasteiger partial charge is 0.319 e. The molecule has 0 saturated heterocycles. The van der Waals surface area contributed by atoms with E-state index in [1.165, 1.54) is 12.1 Å². The van der Waals surface area contributed by atoms with Crippen molar-refractivity contribution in [3.63, 3.8) is 0 Å². The highest BCUT2D eigenvalue weighted by Crippen LogP contribution is 2.31. The normalized spacial score (nSPS) is 12.7. The highest BCUT2D eigenvalue weighted by molar-refractivity contribution is 9.10. The zero-order valence-electron chi connectivity index (χ0n) is 9.70. The second kappa shape index (κ2) is 5.50. The number of aryl methyl sites for hydroxylation is 1. The van der Waals surface area contributed by atoms with E-state index in [1.807, 2.05) is 6.92 Å². The van der Waals surface area contributed by atoms with Gasteiger partial charge in [-0.3, -0.25) is 4.68 Å². The Morgan fingerprint density at radius 1 is 1.39 bits per heavy atom. The minimum Gasteiger partial charge on any atom is -0.319 e. The third-order valence-electron chi connectivity index (χ3n) is 2.72. The van der Waals surface area contributed by atoms with Crippen molar-refractivity contribution in [1.29, 1.82) is 0 Å². The molecule has 0 amide bonds. The lowest BCUT2D eigenvalue weighted by Gasteiger charge is -2.16. The van der Waals surface area contributed by atoms with Crippen molar-refractivity contribution in [2.24, 2.45) is 5.73 Å². The zero-order chi connectivity index (χ0) is 13.3. The molecule has 0 bridgehead atoms. The highest BCUT2D eigenvalue weighted by Gasteiger charge is 2.20. The van der Waals surface area contributed by atoms with Gasteiger partial charge in [-0.15, -0.1) is 0 Å². The van der Waals surface area contributed by atoms with Crippen LogP contribution in [0.3, 0.4) is 0 Å². The van der Waals surface area contributed by atoms with Gasteiger partial charge >= 0.3 is 0 Å². The van der Waals surface area contributed by atoms with Gasteiger partial charge in [-0.1, -0.05) is 15.9 Å². The van der Waals surface area contributed by atoms with E-state index >= 15 is 0 Å². The van der Waals surface area contributed by atoms with Crippen LogP contribution in [-0.2, 0) is 6.54 Å². The van der Waals surface area contributed by atoms with Crippen molar-refractivity contribution in [2.45, 2.75) is 19.5 Å². The molecule has 0 spiro atoms. The molecule has 1 aromatic carbocycles. The van der Waals surface area contributed by atoms with Gasteiger partial charge in [0.1, 0.15) is 5.82 Å². The minimum absolute atomic E-state index is 0.303. The number of nitrogens with two attached hydrogens (primary N) is 1. The van der Waals surface area contributed by atoms with E-state index in [2.05, 4.69) is 37.0 Å². The summed E-state index contributed by atoms with van der Waals surface area (Å²) in [6.07, 6.45) is 1.70. The molecular formula is C12H12Br2FN3. The van der Waals surface area contributed by atoms with Gasteiger partial charge in [0.2, 0.25) is 0 Å². The van der Waals surface area contributed by atoms with Crippen LogP contribution in [0.5, 0.6) is 0 Å². The summed E-state index contributed by atoms with van der Waals surface area (Å²) in [5, 5.41) is 4.21. The fourth-order valence-electron chi connectivity index (χ4n) is 1.83. The predicted octanol–water partition coefficient (Wildman–Crippen LogP) is 3.62. The van der Waals surface area contributed by atoms with Gasteiger partial charge < -0.3 is 5.73 Å². The van der Waals surface area contributed by atoms with Crippen molar-refractivity contribution < 1.29 is 4.39 Å². The predicted molar refractivity (Wildman–Crippen MR) is 75.7 cm³/mol. The summed E-state index contributed by atoms with van der Waals surface area (Å²) in [5.74, 6) is -0.303. The van der Waals surface area contributed by atoms with Crippen molar-refractivity contribution in [2.75, 3.05) is 0 Å². The van der Waals surface area contributed by atoms with Crippen LogP contribution in [0.4, 0.5) is 4.39 Å². The van der Waals surface area contributed by atoms with Crippen LogP contribution in [0.2, 0.25) is 0 Å². The summed E-state index contributed by atoms with van der Waals surface area (Å²) in [4.78, 5) is 0. The van der Waals surface area contributed by atoms with Crippen molar-refractivity contribution in [3.05, 3.63) is 50.4 Å². The number of hydrogen-bond donors (Lipinski definition) is 1. The molecule has 1 unspecified atom stereocenters. The van der Waals surface area contributed by atoms with Crippen LogP contribution in [0.25, 0.3) is 0 Å². The van der Waals surface area contributed by atoms with Crippen LogP contribution in [0.15, 0.2) is 33.3 Å². The molecule has 6 heteroatoms. The Kier molecular flexibility index (Phi) is 4.19. The smallest absolute Gasteiger partial charge is 0.123 e. The molecule has 96 valence electrons. The zero-order valence-corrected chi connectivity index (χ0v) is 12.9. The fourth-order valence-corrected chi connectivity index (χ4v) is 2.87. The third-order valence-corrected chi connectivity index (χ3v) is 4.05. The van der Waals surface area contributed by atoms with E-state index in [0.717, 1.165) is 14.6 Å². The van der Waals surface area contributed by atoms with E-state index in [4.69, 9.17) is 5.73 Å². The second-order valence-corrected chi connectivity index (χ2v) is 5.55. The van der Waals surface area contributed by atoms with E-state index < -0.39 is 6.04 Å². The monoisotopic (exact) mass is 375 g/mol. The quantitative estimate of drug-likeness (QED) is 0.889. The van der Waals surface area contributed by atoms with Gasteiger partial charge in [0.05, 0.1) is 22.4 Å². The topological polar surface area (TPSA) is 43.8 Å². The molecule has 1 aromatic heterocycles. The van der Waals surface area contributed by atoms with Crippen LogP contribution in [0.1, 0.15) is 24.2 Å². The molecule has 2 aromatic rings. The Morgan fingerprint density at radius 2 is 2.11 bits per heavy atom. The lowest BCUT2D eigenvalue weighted by Crippen LogP contribution is -2.18. The number of hydrogen-bond acceptors (Lipinski definition) is 2. The first-order valence-electron chi connectivity index (χ1n) is 5.46. The Morgan fingerprint density at radius 3 is 2.78 bits per heavy atom. The summed E-state index contributed by atoms with van der Waals surface area (Å²) in [7, 11) is 0. The number of halogens is 3. The number of aromatic nitrogens is 2. The molecule has 3 nitrogen and oxygen atoms in total. The summed E-state index contributed by atoms with van der Waals surface area (Å²) < 4.78 is 16.7. The number of benzene rings is 1. The number of rotatable bonds is 3. The average Bonchev–Trinajstić information content (AvgIpc) is 2.72. The van der Waals surface area contributed by atoms with Crippen molar-refractivity contribution in [1.82, 2.24) is 9.78 Å². The summed E-state index contributed by atoms with van der Waals surface area (Å²) in [6, 6.07) is 4.05. The van der Waals surface area contributed by atoms with Gasteiger partial charge in [-0.2, -0.15) is 5.10 Å². The summed E-state index contributed by atoms with van der Waals surface area (Å²) in [6.45, 7) is 2.69. The molecule has 2 rings (SSSR count). The maximum atomic E-state index is 13.3. The van der Waals surface area contributed by atoms with Crippen LogP contribution < -0.4 is 5.73 Å². The van der Waals surface area contributed by atoms with Gasteiger partial charge in [0.15, 0.2) is 0 Å². The van der Waals surface area contributed by atoms with E-state index in [0.29, 0.717) is 12.1 Å². The highest BCUT2D eigenvalue weighted by atomic mass is 79.9. The SMILES string of the molecule is CCn1ncc(Br)c1C(N)c1cc(F)ccc1Br. The Hall–Kier alpha value is -0.720. The molecule has 0 radical (unpaired) electrons. The standard InChI is InChI=1S/C12H12Br2FN3/c1-2-18-12(10(14)6-17-18)11(16)8-5-7(15)3-4-9(8)13/h3-6,11H,2,16H2,1H3. The molecule has 0 fully saturated rings. The molecular weight excluding hydrogens is 365 g/mol. The first kappa shape index (κ1) is 13.7. The molecule has 18 heavy (non-hydrogen) atoms.